The summed E-state index contributed by atoms with van der Waals surface area (Å²) in [5, 5.41) is 26.9. The van der Waals surface area contributed by atoms with Crippen molar-refractivity contribution in [2.45, 2.75) is 33.1 Å². The van der Waals surface area contributed by atoms with Gasteiger partial charge in [0.05, 0.1) is 30.2 Å². The van der Waals surface area contributed by atoms with E-state index in [1.165, 1.54) is 21.8 Å². The van der Waals surface area contributed by atoms with Gasteiger partial charge in [-0.15, -0.1) is 4.68 Å². The average molecular weight is 458 g/mol. The van der Waals surface area contributed by atoms with Gasteiger partial charge in [-0.25, -0.2) is 19.5 Å². The molecule has 0 fully saturated rings. The third kappa shape index (κ3) is 4.09. The Hall–Kier alpha value is -5.32. The Bertz CT molecular complexity index is 1460. The van der Waals surface area contributed by atoms with Gasteiger partial charge >= 0.3 is 5.82 Å². The normalized spacial score (nSPS) is 10.7. The first-order valence-corrected chi connectivity index (χ1v) is 10.4. The molecule has 0 spiro atoms. The first kappa shape index (κ1) is 22.9. The van der Waals surface area contributed by atoms with Crippen molar-refractivity contribution in [3.8, 4) is 23.8 Å². The van der Waals surface area contributed by atoms with E-state index in [9.17, 15) is 10.5 Å². The van der Waals surface area contributed by atoms with Gasteiger partial charge in [0.2, 0.25) is 5.69 Å². The van der Waals surface area contributed by atoms with Gasteiger partial charge in [-0.05, 0) is 68.2 Å². The molecule has 0 atom stereocenters. The first-order chi connectivity index (χ1) is 16.7. The van der Waals surface area contributed by atoms with Gasteiger partial charge in [0, 0.05) is 11.6 Å². The number of hydrogen-bond donors (Lipinski definition) is 0. The highest BCUT2D eigenvalue weighted by atomic mass is 15.3. The SMILES string of the molecule is [C-]#[N+]c1cn(-c2cc(C)cc(C(C)(C)c3cc(C)cc(-n4cc(C#N)c([N+]#[C-])n4)n3)n2)nc1C#N. The zero-order valence-electron chi connectivity index (χ0n) is 19.4. The summed E-state index contributed by atoms with van der Waals surface area (Å²) >= 11 is 0. The Morgan fingerprint density at radius 2 is 1.40 bits per heavy atom. The van der Waals surface area contributed by atoms with Crippen LogP contribution in [0.5, 0.6) is 0 Å². The fourth-order valence-electron chi connectivity index (χ4n) is 3.59. The smallest absolute Gasteiger partial charge is 0.313 e. The van der Waals surface area contributed by atoms with Gasteiger partial charge < -0.3 is 4.85 Å². The van der Waals surface area contributed by atoms with Crippen molar-refractivity contribution in [1.29, 1.82) is 10.5 Å². The molecule has 0 aliphatic carbocycles. The van der Waals surface area contributed by atoms with Crippen molar-refractivity contribution in [3.63, 3.8) is 0 Å². The summed E-state index contributed by atoms with van der Waals surface area (Å²) in [7, 11) is 0. The quantitative estimate of drug-likeness (QED) is 0.411. The molecule has 0 saturated carbocycles. The van der Waals surface area contributed by atoms with Gasteiger partial charge in [0.25, 0.3) is 0 Å². The van der Waals surface area contributed by atoms with Gasteiger partial charge in [0.1, 0.15) is 11.6 Å². The molecule has 0 aliphatic heterocycles. The van der Waals surface area contributed by atoms with Crippen molar-refractivity contribution in [3.05, 3.63) is 93.3 Å². The number of hydrogen-bond acceptors (Lipinski definition) is 6. The molecule has 0 amide bonds. The Balaban J connectivity index is 1.82. The van der Waals surface area contributed by atoms with Gasteiger partial charge in [-0.3, -0.25) is 0 Å². The molecule has 4 aromatic heterocycles. The van der Waals surface area contributed by atoms with E-state index in [0.29, 0.717) is 11.6 Å². The molecule has 0 saturated heterocycles. The average Bonchev–Trinajstić information content (AvgIpc) is 3.47. The molecule has 168 valence electrons. The lowest BCUT2D eigenvalue weighted by Gasteiger charge is -2.25. The van der Waals surface area contributed by atoms with E-state index in [2.05, 4.69) is 19.9 Å². The number of rotatable bonds is 4. The summed E-state index contributed by atoms with van der Waals surface area (Å²) in [6, 6.07) is 11.5. The lowest BCUT2D eigenvalue weighted by molar-refractivity contribution is 0.586. The van der Waals surface area contributed by atoms with Crippen molar-refractivity contribution < 1.29 is 0 Å². The fourth-order valence-corrected chi connectivity index (χ4v) is 3.59. The molecular weight excluding hydrogens is 440 g/mol. The Kier molecular flexibility index (Phi) is 5.59. The topological polar surface area (TPSA) is 118 Å². The molecule has 10 nitrogen and oxygen atoms in total. The largest absolute Gasteiger partial charge is 0.358 e. The molecule has 4 rings (SSSR count). The molecule has 4 aromatic rings. The number of nitrogens with zero attached hydrogens (tertiary/aromatic N) is 10. The molecular formula is C25H18N10. The maximum Gasteiger partial charge on any atom is 0.313 e. The maximum absolute atomic E-state index is 9.28. The third-order valence-corrected chi connectivity index (χ3v) is 5.50. The van der Waals surface area contributed by atoms with Crippen LogP contribution in [0.15, 0.2) is 36.7 Å². The van der Waals surface area contributed by atoms with Gasteiger partial charge in [0.15, 0.2) is 17.3 Å². The Labute approximate surface area is 202 Å². The summed E-state index contributed by atoms with van der Waals surface area (Å²) in [5.74, 6) is 0.996. The summed E-state index contributed by atoms with van der Waals surface area (Å²) < 4.78 is 2.87. The summed E-state index contributed by atoms with van der Waals surface area (Å²) in [6.07, 6.45) is 2.99. The Morgan fingerprint density at radius 3 is 1.83 bits per heavy atom. The van der Waals surface area contributed by atoms with E-state index in [1.807, 2.05) is 64.1 Å². The minimum absolute atomic E-state index is 0.0244. The monoisotopic (exact) mass is 458 g/mol. The van der Waals surface area contributed by atoms with Crippen LogP contribution in [-0.4, -0.2) is 29.5 Å². The standard InChI is InChI=1S/C25H18N10/c1-15-7-20(30-22(9-15)34-13-17(11-26)24(29-6)33-34)25(3,4)21-8-16(2)10-23(31-21)35-14-19(28-5)18(12-27)32-35/h7-10,13-14H,1-4H3. The van der Waals surface area contributed by atoms with E-state index in [-0.39, 0.29) is 22.8 Å². The Morgan fingerprint density at radius 1 is 0.829 bits per heavy atom. The zero-order valence-corrected chi connectivity index (χ0v) is 19.4. The highest BCUT2D eigenvalue weighted by molar-refractivity contribution is 5.55. The second-order valence-corrected chi connectivity index (χ2v) is 8.47. The number of pyridine rings is 2. The van der Waals surface area contributed by atoms with Crippen molar-refractivity contribution >= 4 is 11.5 Å². The predicted octanol–water partition coefficient (Wildman–Crippen LogP) is 4.64. The van der Waals surface area contributed by atoms with Crippen molar-refractivity contribution in [1.82, 2.24) is 29.5 Å². The molecule has 10 heteroatoms. The van der Waals surface area contributed by atoms with E-state index < -0.39 is 5.41 Å². The van der Waals surface area contributed by atoms with Crippen molar-refractivity contribution in [2.24, 2.45) is 0 Å². The van der Waals surface area contributed by atoms with Crippen LogP contribution in [0.2, 0.25) is 0 Å². The van der Waals surface area contributed by atoms with Crippen LogP contribution in [0.3, 0.4) is 0 Å². The molecule has 0 aliphatic rings. The van der Waals surface area contributed by atoms with Crippen LogP contribution < -0.4 is 0 Å². The zero-order chi connectivity index (χ0) is 25.3. The second-order valence-electron chi connectivity index (χ2n) is 8.47. The minimum atomic E-state index is -0.650. The second kappa shape index (κ2) is 8.56. The van der Waals surface area contributed by atoms with Crippen molar-refractivity contribution in [2.75, 3.05) is 0 Å². The molecule has 0 N–H and O–H groups in total. The lowest BCUT2D eigenvalue weighted by atomic mass is 9.83. The molecule has 0 bridgehead atoms. The van der Waals surface area contributed by atoms with Crippen LogP contribution in [0.4, 0.5) is 11.5 Å². The summed E-state index contributed by atoms with van der Waals surface area (Å²) in [5.41, 5.74) is 3.03. The summed E-state index contributed by atoms with van der Waals surface area (Å²) in [4.78, 5) is 16.3. The highest BCUT2D eigenvalue weighted by Crippen LogP contribution is 2.32. The van der Waals surface area contributed by atoms with E-state index >= 15 is 0 Å². The molecule has 0 aromatic carbocycles. The van der Waals surface area contributed by atoms with Crippen LogP contribution in [0, 0.1) is 49.7 Å². The van der Waals surface area contributed by atoms with Crippen LogP contribution in [-0.2, 0) is 5.41 Å². The third-order valence-electron chi connectivity index (χ3n) is 5.50. The van der Waals surface area contributed by atoms with E-state index in [0.717, 1.165) is 22.5 Å². The molecule has 4 heterocycles. The van der Waals surface area contributed by atoms with E-state index in [4.69, 9.17) is 23.1 Å². The predicted molar refractivity (Wildman–Crippen MR) is 126 cm³/mol. The summed E-state index contributed by atoms with van der Waals surface area (Å²) in [6.45, 7) is 22.4. The fraction of sp³-hybridized carbons (Fsp3) is 0.200. The van der Waals surface area contributed by atoms with Gasteiger partial charge in [-0.2, -0.15) is 15.6 Å². The number of nitriles is 2. The number of aryl methyl sites for hydroxylation is 2. The highest BCUT2D eigenvalue weighted by Gasteiger charge is 2.29. The maximum atomic E-state index is 9.28. The minimum Gasteiger partial charge on any atom is -0.358 e. The van der Waals surface area contributed by atoms with Gasteiger partial charge in [-0.1, -0.05) is 6.57 Å². The van der Waals surface area contributed by atoms with Crippen LogP contribution in [0.1, 0.15) is 47.6 Å². The van der Waals surface area contributed by atoms with E-state index in [1.54, 1.807) is 0 Å². The lowest BCUT2D eigenvalue weighted by Crippen LogP contribution is -2.24. The number of aromatic nitrogens is 6. The molecule has 35 heavy (non-hydrogen) atoms. The first-order valence-electron chi connectivity index (χ1n) is 10.4. The van der Waals surface area contributed by atoms with Crippen LogP contribution in [0.25, 0.3) is 21.3 Å². The molecule has 0 unspecified atom stereocenters. The van der Waals surface area contributed by atoms with Crippen LogP contribution >= 0.6 is 0 Å². The molecule has 0 radical (unpaired) electrons.